The molecular formula is C14H22BrN3O2Si. The molecule has 2 heterocycles. The average molecular weight is 372 g/mol. The number of nitrogens with zero attached hydrogens (tertiary/aromatic N) is 3. The Kier molecular flexibility index (Phi) is 5.18. The number of hydrogen-bond acceptors (Lipinski definition) is 4. The largest absolute Gasteiger partial charge is 0.390 e. The van der Waals surface area contributed by atoms with E-state index in [9.17, 15) is 5.11 Å². The summed E-state index contributed by atoms with van der Waals surface area (Å²) in [6.45, 7) is 9.99. The van der Waals surface area contributed by atoms with Crippen LogP contribution in [0.3, 0.4) is 0 Å². The van der Waals surface area contributed by atoms with Crippen LogP contribution in [0, 0.1) is 6.92 Å². The number of hydrogen-bond donors (Lipinski definition) is 1. The van der Waals surface area contributed by atoms with Crippen LogP contribution in [0.2, 0.25) is 25.7 Å². The Balaban J connectivity index is 2.20. The molecule has 2 rings (SSSR count). The third-order valence-corrected chi connectivity index (χ3v) is 5.99. The molecule has 2 aromatic rings. The van der Waals surface area contributed by atoms with Crippen LogP contribution in [0.4, 0.5) is 0 Å². The Labute approximate surface area is 134 Å². The molecule has 0 saturated heterocycles. The summed E-state index contributed by atoms with van der Waals surface area (Å²) in [5.41, 5.74) is 2.43. The van der Waals surface area contributed by atoms with Crippen molar-refractivity contribution < 1.29 is 9.84 Å². The Bertz CT molecular complexity index is 637. The molecule has 0 atom stereocenters. The van der Waals surface area contributed by atoms with Crippen LogP contribution in [0.25, 0.3) is 10.9 Å². The van der Waals surface area contributed by atoms with Crippen molar-refractivity contribution in [2.45, 2.75) is 45.9 Å². The first-order valence-corrected chi connectivity index (χ1v) is 11.5. The number of aromatic nitrogens is 3. The molecule has 116 valence electrons. The summed E-state index contributed by atoms with van der Waals surface area (Å²) in [7, 11) is -1.07. The van der Waals surface area contributed by atoms with Gasteiger partial charge in [0.05, 0.1) is 34.2 Å². The number of aliphatic hydroxyl groups is 1. The minimum absolute atomic E-state index is 0.0905. The molecule has 0 unspecified atom stereocenters. The molecule has 0 aliphatic rings. The summed E-state index contributed by atoms with van der Waals surface area (Å²) >= 11 is 3.56. The van der Waals surface area contributed by atoms with Crippen LogP contribution < -0.4 is 0 Å². The lowest BCUT2D eigenvalue weighted by Gasteiger charge is -2.15. The normalized spacial score (nSPS) is 12.3. The molecule has 1 N–H and O–H groups in total. The van der Waals surface area contributed by atoms with Gasteiger partial charge in [-0.1, -0.05) is 19.6 Å². The van der Waals surface area contributed by atoms with Crippen molar-refractivity contribution in [1.82, 2.24) is 14.8 Å². The standard InChI is InChI=1S/C14H22BrN3O2Si/c1-10-13(15)14-11(12(8-19)17-10)7-16-18(14)9-20-5-6-21(2,3)4/h7,19H,5-6,8-9H2,1-4H3. The molecule has 7 heteroatoms. The van der Waals surface area contributed by atoms with E-state index in [1.807, 2.05) is 11.6 Å². The summed E-state index contributed by atoms with van der Waals surface area (Å²) in [6, 6.07) is 1.13. The van der Waals surface area contributed by atoms with E-state index < -0.39 is 8.07 Å². The smallest absolute Gasteiger partial charge is 0.140 e. The second-order valence-electron chi connectivity index (χ2n) is 6.37. The van der Waals surface area contributed by atoms with Crippen LogP contribution in [-0.2, 0) is 18.1 Å². The number of ether oxygens (including phenoxy) is 1. The highest BCUT2D eigenvalue weighted by Gasteiger charge is 2.15. The predicted molar refractivity (Wildman–Crippen MR) is 90.0 cm³/mol. The maximum absolute atomic E-state index is 9.42. The molecule has 0 spiro atoms. The Morgan fingerprint density at radius 1 is 1.38 bits per heavy atom. The van der Waals surface area contributed by atoms with E-state index in [2.05, 4.69) is 45.7 Å². The van der Waals surface area contributed by atoms with Crippen molar-refractivity contribution in [2.24, 2.45) is 0 Å². The van der Waals surface area contributed by atoms with Gasteiger partial charge in [0.1, 0.15) is 6.73 Å². The Morgan fingerprint density at radius 2 is 2.10 bits per heavy atom. The molecule has 5 nitrogen and oxygen atoms in total. The molecule has 0 saturated carbocycles. The molecular weight excluding hydrogens is 350 g/mol. The molecule has 0 aromatic carbocycles. The van der Waals surface area contributed by atoms with Gasteiger partial charge in [-0.05, 0) is 28.9 Å². The van der Waals surface area contributed by atoms with Gasteiger partial charge in [-0.25, -0.2) is 4.68 Å². The number of pyridine rings is 1. The van der Waals surface area contributed by atoms with Crippen LogP contribution in [-0.4, -0.2) is 34.6 Å². The van der Waals surface area contributed by atoms with E-state index in [1.165, 1.54) is 0 Å². The van der Waals surface area contributed by atoms with Crippen LogP contribution in [0.1, 0.15) is 11.4 Å². The minimum atomic E-state index is -1.07. The van der Waals surface area contributed by atoms with Gasteiger partial charge < -0.3 is 9.84 Å². The molecule has 0 aliphatic heterocycles. The van der Waals surface area contributed by atoms with E-state index >= 15 is 0 Å². The van der Waals surface area contributed by atoms with Gasteiger partial charge in [0.25, 0.3) is 0 Å². The van der Waals surface area contributed by atoms with Crippen molar-refractivity contribution >= 4 is 34.9 Å². The highest BCUT2D eigenvalue weighted by Crippen LogP contribution is 2.28. The topological polar surface area (TPSA) is 60.2 Å². The average Bonchev–Trinajstić information content (AvgIpc) is 2.82. The van der Waals surface area contributed by atoms with E-state index in [-0.39, 0.29) is 6.61 Å². The minimum Gasteiger partial charge on any atom is -0.390 e. The third kappa shape index (κ3) is 3.91. The SMILES string of the molecule is Cc1nc(CO)c2cnn(COCC[Si](C)(C)C)c2c1Br. The first-order valence-electron chi connectivity index (χ1n) is 7.02. The van der Waals surface area contributed by atoms with Gasteiger partial charge in [0.15, 0.2) is 0 Å². The molecule has 0 amide bonds. The molecule has 0 aliphatic carbocycles. The first-order chi connectivity index (χ1) is 9.83. The highest BCUT2D eigenvalue weighted by atomic mass is 79.9. The Hall–Kier alpha value is -0.763. The second kappa shape index (κ2) is 6.56. The van der Waals surface area contributed by atoms with Gasteiger partial charge in [-0.3, -0.25) is 4.98 Å². The highest BCUT2D eigenvalue weighted by molar-refractivity contribution is 9.10. The van der Waals surface area contributed by atoms with Crippen molar-refractivity contribution in [2.75, 3.05) is 6.61 Å². The number of fused-ring (bicyclic) bond motifs is 1. The summed E-state index contributed by atoms with van der Waals surface area (Å²) in [5, 5.41) is 14.6. The third-order valence-electron chi connectivity index (χ3n) is 3.34. The summed E-state index contributed by atoms with van der Waals surface area (Å²) in [5.74, 6) is 0. The lowest BCUT2D eigenvalue weighted by molar-refractivity contribution is 0.0816. The lowest BCUT2D eigenvalue weighted by Crippen LogP contribution is -2.22. The summed E-state index contributed by atoms with van der Waals surface area (Å²) < 4.78 is 8.48. The maximum Gasteiger partial charge on any atom is 0.140 e. The van der Waals surface area contributed by atoms with E-state index in [0.29, 0.717) is 12.4 Å². The van der Waals surface area contributed by atoms with Crippen LogP contribution in [0.15, 0.2) is 10.7 Å². The van der Waals surface area contributed by atoms with Gasteiger partial charge in [-0.2, -0.15) is 5.10 Å². The van der Waals surface area contributed by atoms with Gasteiger partial charge >= 0.3 is 0 Å². The van der Waals surface area contributed by atoms with Crippen LogP contribution >= 0.6 is 15.9 Å². The second-order valence-corrected chi connectivity index (χ2v) is 12.8. The molecule has 0 bridgehead atoms. The number of halogens is 1. The van der Waals surface area contributed by atoms with E-state index in [1.54, 1.807) is 6.20 Å². The van der Waals surface area contributed by atoms with Crippen molar-refractivity contribution in [3.8, 4) is 0 Å². The zero-order valence-corrected chi connectivity index (χ0v) is 15.6. The molecule has 0 radical (unpaired) electrons. The molecule has 21 heavy (non-hydrogen) atoms. The summed E-state index contributed by atoms with van der Waals surface area (Å²) in [6.07, 6.45) is 1.74. The van der Waals surface area contributed by atoms with Crippen molar-refractivity contribution in [1.29, 1.82) is 0 Å². The number of aliphatic hydroxyl groups excluding tert-OH is 1. The number of aryl methyl sites for hydroxylation is 1. The first kappa shape index (κ1) is 16.6. The van der Waals surface area contributed by atoms with Crippen molar-refractivity contribution in [3.63, 3.8) is 0 Å². The fourth-order valence-corrected chi connectivity index (χ4v) is 3.32. The van der Waals surface area contributed by atoms with E-state index in [0.717, 1.165) is 33.7 Å². The fourth-order valence-electron chi connectivity index (χ4n) is 2.06. The predicted octanol–water partition coefficient (Wildman–Crippen LogP) is 3.31. The molecule has 2 aromatic heterocycles. The monoisotopic (exact) mass is 371 g/mol. The fraction of sp³-hybridized carbons (Fsp3) is 0.571. The van der Waals surface area contributed by atoms with Gasteiger partial charge in [0, 0.05) is 20.1 Å². The summed E-state index contributed by atoms with van der Waals surface area (Å²) in [4.78, 5) is 4.38. The van der Waals surface area contributed by atoms with Gasteiger partial charge in [-0.15, -0.1) is 0 Å². The maximum atomic E-state index is 9.42. The van der Waals surface area contributed by atoms with Crippen molar-refractivity contribution in [3.05, 3.63) is 22.1 Å². The zero-order chi connectivity index (χ0) is 15.6. The number of rotatable bonds is 6. The van der Waals surface area contributed by atoms with Crippen LogP contribution in [0.5, 0.6) is 0 Å². The molecule has 0 fully saturated rings. The quantitative estimate of drug-likeness (QED) is 0.624. The lowest BCUT2D eigenvalue weighted by atomic mass is 10.2. The zero-order valence-electron chi connectivity index (χ0n) is 13.0. The van der Waals surface area contributed by atoms with E-state index in [4.69, 9.17) is 4.74 Å². The Morgan fingerprint density at radius 3 is 2.71 bits per heavy atom. The van der Waals surface area contributed by atoms with Gasteiger partial charge in [0.2, 0.25) is 0 Å².